The molecule has 0 heterocycles. The van der Waals surface area contributed by atoms with Crippen molar-refractivity contribution in [2.75, 3.05) is 18.2 Å². The first-order valence-electron chi connectivity index (χ1n) is 6.31. The van der Waals surface area contributed by atoms with Crippen LogP contribution in [0.5, 0.6) is 5.75 Å². The van der Waals surface area contributed by atoms with E-state index in [1.54, 1.807) is 49.6 Å². The van der Waals surface area contributed by atoms with Crippen molar-refractivity contribution in [2.45, 2.75) is 6.54 Å². The summed E-state index contributed by atoms with van der Waals surface area (Å²) in [5, 5.41) is 6.00. The Morgan fingerprint density at radius 3 is 2.81 bits per heavy atom. The zero-order valence-corrected chi connectivity index (χ0v) is 12.3. The second-order valence-electron chi connectivity index (χ2n) is 4.39. The summed E-state index contributed by atoms with van der Waals surface area (Å²) in [6, 6.07) is 11.9. The first-order chi connectivity index (χ1) is 10.1. The number of urea groups is 1. The maximum Gasteiger partial charge on any atom is 0.319 e. The van der Waals surface area contributed by atoms with E-state index in [2.05, 4.69) is 10.6 Å². The molecule has 2 rings (SSSR count). The number of benzene rings is 2. The number of amides is 2. The predicted octanol–water partition coefficient (Wildman–Crippen LogP) is 3.25. The molecule has 0 unspecified atom stereocenters. The molecule has 0 saturated carbocycles. The highest BCUT2D eigenvalue weighted by atomic mass is 35.5. The zero-order chi connectivity index (χ0) is 15.2. The van der Waals surface area contributed by atoms with Crippen LogP contribution in [0.3, 0.4) is 0 Å². The lowest BCUT2D eigenvalue weighted by Gasteiger charge is -2.11. The summed E-state index contributed by atoms with van der Waals surface area (Å²) in [4.78, 5) is 11.8. The van der Waals surface area contributed by atoms with Crippen LogP contribution in [0, 0.1) is 0 Å². The molecule has 0 saturated heterocycles. The Bertz CT molecular complexity index is 647. The Labute approximate surface area is 128 Å². The van der Waals surface area contributed by atoms with Gasteiger partial charge in [-0.3, -0.25) is 0 Å². The quantitative estimate of drug-likeness (QED) is 0.759. The van der Waals surface area contributed by atoms with E-state index < -0.39 is 0 Å². The van der Waals surface area contributed by atoms with Crippen LogP contribution in [0.1, 0.15) is 5.56 Å². The van der Waals surface area contributed by atoms with Crippen LogP contribution in [0.2, 0.25) is 5.02 Å². The molecule has 0 spiro atoms. The predicted molar refractivity (Wildman–Crippen MR) is 84.7 cm³/mol. The number of nitrogen functional groups attached to an aromatic ring is 1. The van der Waals surface area contributed by atoms with Gasteiger partial charge in [-0.2, -0.15) is 0 Å². The third-order valence-electron chi connectivity index (χ3n) is 2.83. The van der Waals surface area contributed by atoms with Crippen LogP contribution in [0.15, 0.2) is 42.5 Å². The van der Waals surface area contributed by atoms with Gasteiger partial charge in [-0.05, 0) is 36.4 Å². The van der Waals surface area contributed by atoms with Gasteiger partial charge in [0.15, 0.2) is 0 Å². The third kappa shape index (κ3) is 4.29. The maximum atomic E-state index is 11.8. The molecule has 2 aromatic carbocycles. The molecule has 0 aliphatic rings. The zero-order valence-electron chi connectivity index (χ0n) is 11.5. The highest BCUT2D eigenvalue weighted by molar-refractivity contribution is 6.30. The summed E-state index contributed by atoms with van der Waals surface area (Å²) in [6.07, 6.45) is 0. The van der Waals surface area contributed by atoms with Crippen LogP contribution in [-0.4, -0.2) is 13.1 Å². The van der Waals surface area contributed by atoms with Gasteiger partial charge in [-0.1, -0.05) is 17.7 Å². The number of rotatable bonds is 4. The van der Waals surface area contributed by atoms with Crippen molar-refractivity contribution in [2.24, 2.45) is 0 Å². The molecular weight excluding hydrogens is 290 g/mol. The first-order valence-corrected chi connectivity index (χ1v) is 6.69. The number of carbonyl (C=O) groups is 1. The topological polar surface area (TPSA) is 76.4 Å². The van der Waals surface area contributed by atoms with Crippen molar-refractivity contribution in [3.05, 3.63) is 53.1 Å². The van der Waals surface area contributed by atoms with Crippen molar-refractivity contribution < 1.29 is 9.53 Å². The minimum atomic E-state index is -0.332. The van der Waals surface area contributed by atoms with Gasteiger partial charge in [0.1, 0.15) is 5.75 Å². The molecule has 0 aliphatic heterocycles. The van der Waals surface area contributed by atoms with Gasteiger partial charge in [0.05, 0.1) is 7.11 Å². The van der Waals surface area contributed by atoms with Gasteiger partial charge in [0, 0.05) is 28.5 Å². The summed E-state index contributed by atoms with van der Waals surface area (Å²) in [6.45, 7) is 0.306. The fraction of sp³-hybridized carbons (Fsp3) is 0.133. The van der Waals surface area contributed by atoms with Crippen molar-refractivity contribution in [1.82, 2.24) is 5.32 Å². The van der Waals surface area contributed by atoms with Crippen molar-refractivity contribution >= 4 is 29.0 Å². The molecule has 0 atom stereocenters. The maximum absolute atomic E-state index is 11.8. The second kappa shape index (κ2) is 6.85. The minimum Gasteiger partial charge on any atom is -0.496 e. The number of nitrogens with one attached hydrogen (secondary N) is 2. The molecule has 4 N–H and O–H groups in total. The fourth-order valence-electron chi connectivity index (χ4n) is 1.85. The van der Waals surface area contributed by atoms with Crippen LogP contribution < -0.4 is 21.1 Å². The largest absolute Gasteiger partial charge is 0.496 e. The van der Waals surface area contributed by atoms with Crippen LogP contribution in [0.4, 0.5) is 16.2 Å². The summed E-state index contributed by atoms with van der Waals surface area (Å²) in [5.41, 5.74) is 7.77. The molecule has 6 heteroatoms. The number of halogens is 1. The molecule has 2 aromatic rings. The molecule has 110 valence electrons. The Hall–Kier alpha value is -2.40. The second-order valence-corrected chi connectivity index (χ2v) is 4.83. The molecule has 21 heavy (non-hydrogen) atoms. The van der Waals surface area contributed by atoms with E-state index in [0.717, 1.165) is 5.56 Å². The number of methoxy groups -OCH3 is 1. The average Bonchev–Trinajstić information content (AvgIpc) is 2.45. The smallest absolute Gasteiger partial charge is 0.319 e. The summed E-state index contributed by atoms with van der Waals surface area (Å²) in [7, 11) is 1.57. The monoisotopic (exact) mass is 305 g/mol. The van der Waals surface area contributed by atoms with Crippen molar-refractivity contribution in [1.29, 1.82) is 0 Å². The van der Waals surface area contributed by atoms with Crippen molar-refractivity contribution in [3.8, 4) is 5.75 Å². The molecule has 2 amide bonds. The normalized spacial score (nSPS) is 10.0. The number of hydrogen-bond donors (Lipinski definition) is 3. The first kappa shape index (κ1) is 15.0. The van der Waals surface area contributed by atoms with Gasteiger partial charge >= 0.3 is 6.03 Å². The van der Waals surface area contributed by atoms with Gasteiger partial charge in [0.25, 0.3) is 0 Å². The van der Waals surface area contributed by atoms with Gasteiger partial charge < -0.3 is 21.1 Å². The molecule has 0 radical (unpaired) electrons. The van der Waals surface area contributed by atoms with E-state index in [-0.39, 0.29) is 6.03 Å². The van der Waals surface area contributed by atoms with E-state index in [4.69, 9.17) is 22.1 Å². The number of anilines is 2. The Morgan fingerprint density at radius 2 is 2.10 bits per heavy atom. The Kier molecular flexibility index (Phi) is 4.90. The van der Waals surface area contributed by atoms with E-state index in [1.165, 1.54) is 0 Å². The highest BCUT2D eigenvalue weighted by Crippen LogP contribution is 2.21. The minimum absolute atomic E-state index is 0.306. The van der Waals surface area contributed by atoms with E-state index in [0.29, 0.717) is 28.7 Å². The number of hydrogen-bond acceptors (Lipinski definition) is 3. The lowest BCUT2D eigenvalue weighted by molar-refractivity contribution is 0.251. The van der Waals surface area contributed by atoms with Gasteiger partial charge in [0.2, 0.25) is 0 Å². The number of ether oxygens (including phenoxy) is 1. The molecular formula is C15H16ClN3O2. The van der Waals surface area contributed by atoms with Gasteiger partial charge in [-0.25, -0.2) is 4.79 Å². The lowest BCUT2D eigenvalue weighted by atomic mass is 10.2. The van der Waals surface area contributed by atoms with Crippen LogP contribution in [0.25, 0.3) is 0 Å². The van der Waals surface area contributed by atoms with E-state index in [9.17, 15) is 4.79 Å². The average molecular weight is 306 g/mol. The van der Waals surface area contributed by atoms with Crippen molar-refractivity contribution in [3.63, 3.8) is 0 Å². The highest BCUT2D eigenvalue weighted by Gasteiger charge is 2.06. The van der Waals surface area contributed by atoms with E-state index >= 15 is 0 Å². The SMILES string of the molecule is COc1ccc(N)cc1CNC(=O)Nc1cccc(Cl)c1. The summed E-state index contributed by atoms with van der Waals surface area (Å²) >= 11 is 5.86. The Balaban J connectivity index is 1.96. The molecule has 5 nitrogen and oxygen atoms in total. The lowest BCUT2D eigenvalue weighted by Crippen LogP contribution is -2.28. The number of carbonyl (C=O) groups excluding carboxylic acids is 1. The van der Waals surface area contributed by atoms with Gasteiger partial charge in [-0.15, -0.1) is 0 Å². The summed E-state index contributed by atoms with van der Waals surface area (Å²) < 4.78 is 5.22. The Morgan fingerprint density at radius 1 is 1.29 bits per heavy atom. The molecule has 0 aromatic heterocycles. The fourth-order valence-corrected chi connectivity index (χ4v) is 2.04. The molecule has 0 fully saturated rings. The molecule has 0 bridgehead atoms. The molecule has 0 aliphatic carbocycles. The van der Waals surface area contributed by atoms with Crippen LogP contribution in [-0.2, 0) is 6.54 Å². The standard InChI is InChI=1S/C15H16ClN3O2/c1-21-14-6-5-12(17)7-10(14)9-18-15(20)19-13-4-2-3-11(16)8-13/h2-8H,9,17H2,1H3,(H2,18,19,20). The van der Waals surface area contributed by atoms with Crippen LogP contribution >= 0.6 is 11.6 Å². The third-order valence-corrected chi connectivity index (χ3v) is 3.06. The van der Waals surface area contributed by atoms with E-state index in [1.807, 2.05) is 0 Å². The number of nitrogens with two attached hydrogens (primary N) is 1. The summed E-state index contributed by atoms with van der Waals surface area (Å²) in [5.74, 6) is 0.673.